The standard InChI is InChI=1S/C22H28N4O2/c1-24-22(25-13-17-7-9-20(10-8-17)21(23)27)26-12-11-19(14-26)16-28-15-18-5-3-2-4-6-18/h2-10,19H,11-16H2,1H3,(H2,23,27)(H,24,25). The van der Waals surface area contributed by atoms with Gasteiger partial charge in [0.05, 0.1) is 13.2 Å². The van der Waals surface area contributed by atoms with Gasteiger partial charge in [0.15, 0.2) is 5.96 Å². The number of likely N-dealkylation sites (tertiary alicyclic amines) is 1. The van der Waals surface area contributed by atoms with E-state index in [0.717, 1.165) is 37.6 Å². The summed E-state index contributed by atoms with van der Waals surface area (Å²) >= 11 is 0. The van der Waals surface area contributed by atoms with E-state index in [0.29, 0.717) is 24.6 Å². The number of ether oxygens (including phenoxy) is 1. The SMILES string of the molecule is CN=C(NCc1ccc(C(N)=O)cc1)N1CCC(COCc2ccccc2)C1. The van der Waals surface area contributed by atoms with Crippen LogP contribution >= 0.6 is 0 Å². The first kappa shape index (κ1) is 19.9. The van der Waals surface area contributed by atoms with Crippen molar-refractivity contribution in [2.45, 2.75) is 19.6 Å². The lowest BCUT2D eigenvalue weighted by molar-refractivity contribution is 0.0906. The van der Waals surface area contributed by atoms with Gasteiger partial charge in [-0.1, -0.05) is 42.5 Å². The molecule has 1 heterocycles. The van der Waals surface area contributed by atoms with Gasteiger partial charge in [-0.25, -0.2) is 0 Å². The molecule has 1 atom stereocenters. The Bertz CT molecular complexity index is 790. The summed E-state index contributed by atoms with van der Waals surface area (Å²) in [5.74, 6) is 0.995. The molecule has 0 radical (unpaired) electrons. The topological polar surface area (TPSA) is 79.9 Å². The highest BCUT2D eigenvalue weighted by molar-refractivity contribution is 5.92. The van der Waals surface area contributed by atoms with Crippen LogP contribution in [0.15, 0.2) is 59.6 Å². The third-order valence-electron chi connectivity index (χ3n) is 4.95. The third-order valence-corrected chi connectivity index (χ3v) is 4.95. The smallest absolute Gasteiger partial charge is 0.248 e. The molecule has 1 aliphatic heterocycles. The van der Waals surface area contributed by atoms with E-state index >= 15 is 0 Å². The van der Waals surface area contributed by atoms with Gasteiger partial charge in [-0.3, -0.25) is 9.79 Å². The molecule has 1 aliphatic rings. The number of nitrogens with two attached hydrogens (primary N) is 1. The number of hydrogen-bond acceptors (Lipinski definition) is 3. The van der Waals surface area contributed by atoms with Crippen LogP contribution in [0.5, 0.6) is 0 Å². The summed E-state index contributed by atoms with van der Waals surface area (Å²) in [7, 11) is 1.80. The van der Waals surface area contributed by atoms with Gasteiger partial charge in [0.1, 0.15) is 0 Å². The Hall–Kier alpha value is -2.86. The Morgan fingerprint density at radius 2 is 1.93 bits per heavy atom. The van der Waals surface area contributed by atoms with Gasteiger partial charge < -0.3 is 20.7 Å². The van der Waals surface area contributed by atoms with Crippen LogP contribution in [0.1, 0.15) is 27.9 Å². The van der Waals surface area contributed by atoms with Crippen molar-refractivity contribution >= 4 is 11.9 Å². The molecule has 0 bridgehead atoms. The molecule has 6 heteroatoms. The molecular formula is C22H28N4O2. The minimum Gasteiger partial charge on any atom is -0.376 e. The quantitative estimate of drug-likeness (QED) is 0.571. The Morgan fingerprint density at radius 1 is 1.18 bits per heavy atom. The fourth-order valence-electron chi connectivity index (χ4n) is 3.38. The molecule has 3 N–H and O–H groups in total. The predicted molar refractivity (Wildman–Crippen MR) is 111 cm³/mol. The average Bonchev–Trinajstić information content (AvgIpc) is 3.18. The lowest BCUT2D eigenvalue weighted by atomic mass is 10.1. The predicted octanol–water partition coefficient (Wildman–Crippen LogP) is 2.40. The summed E-state index contributed by atoms with van der Waals surface area (Å²) in [5.41, 5.74) is 8.08. The van der Waals surface area contributed by atoms with Crippen molar-refractivity contribution in [1.82, 2.24) is 10.2 Å². The summed E-state index contributed by atoms with van der Waals surface area (Å²) < 4.78 is 5.90. The number of nitrogens with one attached hydrogen (secondary N) is 1. The fraction of sp³-hybridized carbons (Fsp3) is 0.364. The van der Waals surface area contributed by atoms with Crippen molar-refractivity contribution in [3.05, 3.63) is 71.3 Å². The van der Waals surface area contributed by atoms with E-state index in [4.69, 9.17) is 10.5 Å². The maximum absolute atomic E-state index is 11.2. The van der Waals surface area contributed by atoms with Gasteiger partial charge in [0.2, 0.25) is 5.91 Å². The second kappa shape index (κ2) is 9.90. The molecule has 2 aromatic rings. The van der Waals surface area contributed by atoms with Crippen molar-refractivity contribution in [2.24, 2.45) is 16.6 Å². The van der Waals surface area contributed by atoms with Gasteiger partial charge in [0, 0.05) is 38.2 Å². The minimum atomic E-state index is -0.409. The monoisotopic (exact) mass is 380 g/mol. The maximum Gasteiger partial charge on any atom is 0.248 e. The lowest BCUT2D eigenvalue weighted by Crippen LogP contribution is -2.39. The van der Waals surface area contributed by atoms with Crippen molar-refractivity contribution in [3.63, 3.8) is 0 Å². The number of benzene rings is 2. The second-order valence-electron chi connectivity index (χ2n) is 7.06. The van der Waals surface area contributed by atoms with Crippen LogP contribution in [0.2, 0.25) is 0 Å². The number of primary amides is 1. The van der Waals surface area contributed by atoms with Crippen LogP contribution in [0, 0.1) is 5.92 Å². The molecule has 148 valence electrons. The molecule has 0 aromatic heterocycles. The van der Waals surface area contributed by atoms with Gasteiger partial charge in [-0.2, -0.15) is 0 Å². The molecule has 3 rings (SSSR count). The number of carbonyl (C=O) groups excluding carboxylic acids is 1. The molecular weight excluding hydrogens is 352 g/mol. The highest BCUT2D eigenvalue weighted by Crippen LogP contribution is 2.17. The van der Waals surface area contributed by atoms with Crippen LogP contribution in [-0.4, -0.2) is 43.5 Å². The van der Waals surface area contributed by atoms with E-state index in [1.165, 1.54) is 5.56 Å². The Kier molecular flexibility index (Phi) is 7.03. The molecule has 1 amide bonds. The highest BCUT2D eigenvalue weighted by atomic mass is 16.5. The van der Waals surface area contributed by atoms with Gasteiger partial charge in [-0.15, -0.1) is 0 Å². The summed E-state index contributed by atoms with van der Waals surface area (Å²) in [6.45, 7) is 3.98. The van der Waals surface area contributed by atoms with Crippen molar-refractivity contribution < 1.29 is 9.53 Å². The number of carbonyl (C=O) groups is 1. The molecule has 0 aliphatic carbocycles. The van der Waals surface area contributed by atoms with Crippen molar-refractivity contribution in [1.29, 1.82) is 0 Å². The van der Waals surface area contributed by atoms with E-state index in [1.54, 1.807) is 19.2 Å². The van der Waals surface area contributed by atoms with Crippen LogP contribution < -0.4 is 11.1 Å². The van der Waals surface area contributed by atoms with Crippen LogP contribution in [-0.2, 0) is 17.9 Å². The van der Waals surface area contributed by atoms with E-state index in [1.807, 2.05) is 30.3 Å². The van der Waals surface area contributed by atoms with Crippen molar-refractivity contribution in [2.75, 3.05) is 26.7 Å². The van der Waals surface area contributed by atoms with E-state index in [-0.39, 0.29) is 0 Å². The fourth-order valence-corrected chi connectivity index (χ4v) is 3.38. The minimum absolute atomic E-state index is 0.409. The number of hydrogen-bond donors (Lipinski definition) is 2. The number of rotatable bonds is 7. The molecule has 28 heavy (non-hydrogen) atoms. The molecule has 1 unspecified atom stereocenters. The molecule has 6 nitrogen and oxygen atoms in total. The zero-order valence-corrected chi connectivity index (χ0v) is 16.3. The normalized spacial score (nSPS) is 17.0. The lowest BCUT2D eigenvalue weighted by Gasteiger charge is -2.22. The number of nitrogens with zero attached hydrogens (tertiary/aromatic N) is 2. The van der Waals surface area contributed by atoms with Gasteiger partial charge in [-0.05, 0) is 29.7 Å². The number of aliphatic imine (C=N–C) groups is 1. The highest BCUT2D eigenvalue weighted by Gasteiger charge is 2.24. The first-order valence-corrected chi connectivity index (χ1v) is 9.61. The number of amides is 1. The average molecular weight is 380 g/mol. The van der Waals surface area contributed by atoms with Crippen molar-refractivity contribution in [3.8, 4) is 0 Å². The third kappa shape index (κ3) is 5.57. The van der Waals surface area contributed by atoms with E-state index in [9.17, 15) is 4.79 Å². The largest absolute Gasteiger partial charge is 0.376 e. The maximum atomic E-state index is 11.2. The number of guanidine groups is 1. The van der Waals surface area contributed by atoms with Gasteiger partial charge in [0.25, 0.3) is 0 Å². The van der Waals surface area contributed by atoms with Crippen LogP contribution in [0.3, 0.4) is 0 Å². The Labute approximate surface area is 166 Å². The summed E-state index contributed by atoms with van der Waals surface area (Å²) in [6.07, 6.45) is 1.10. The Morgan fingerprint density at radius 3 is 2.61 bits per heavy atom. The zero-order valence-electron chi connectivity index (χ0n) is 16.3. The van der Waals surface area contributed by atoms with Gasteiger partial charge >= 0.3 is 0 Å². The zero-order chi connectivity index (χ0) is 19.8. The first-order valence-electron chi connectivity index (χ1n) is 9.61. The molecule has 0 spiro atoms. The van der Waals surface area contributed by atoms with Crippen LogP contribution in [0.25, 0.3) is 0 Å². The first-order chi connectivity index (χ1) is 13.7. The molecule has 1 saturated heterocycles. The molecule has 0 saturated carbocycles. The molecule has 1 fully saturated rings. The van der Waals surface area contributed by atoms with E-state index < -0.39 is 5.91 Å². The summed E-state index contributed by atoms with van der Waals surface area (Å²) in [4.78, 5) is 17.8. The summed E-state index contributed by atoms with van der Waals surface area (Å²) in [5, 5.41) is 3.40. The molecule has 2 aromatic carbocycles. The van der Waals surface area contributed by atoms with Crippen LogP contribution in [0.4, 0.5) is 0 Å². The Balaban J connectivity index is 1.43. The summed E-state index contributed by atoms with van der Waals surface area (Å²) in [6, 6.07) is 17.6. The van der Waals surface area contributed by atoms with E-state index in [2.05, 4.69) is 27.3 Å². The second-order valence-corrected chi connectivity index (χ2v) is 7.06.